The van der Waals surface area contributed by atoms with Crippen LogP contribution < -0.4 is 0 Å². The molecule has 2 atom stereocenters. The Bertz CT molecular complexity index is 834. The van der Waals surface area contributed by atoms with E-state index in [1.807, 2.05) is 12.1 Å². The maximum absolute atomic E-state index is 12.5. The number of amides is 1. The zero-order valence-corrected chi connectivity index (χ0v) is 15.9. The lowest BCUT2D eigenvalue weighted by molar-refractivity contribution is -0.143. The number of nitrogens with zero attached hydrogens (tertiary/aromatic N) is 1. The Hall–Kier alpha value is -2.82. The second kappa shape index (κ2) is 7.82. The first-order valence-corrected chi connectivity index (χ1v) is 9.20. The van der Waals surface area contributed by atoms with Crippen molar-refractivity contribution in [3.63, 3.8) is 0 Å². The van der Waals surface area contributed by atoms with Crippen molar-refractivity contribution >= 4 is 17.6 Å². The molecule has 2 unspecified atom stereocenters. The summed E-state index contributed by atoms with van der Waals surface area (Å²) in [5.41, 5.74) is 4.60. The highest BCUT2D eigenvalue weighted by Crippen LogP contribution is 2.44. The van der Waals surface area contributed by atoms with E-state index in [1.165, 1.54) is 17.5 Å². The highest BCUT2D eigenvalue weighted by Gasteiger charge is 2.33. The molecule has 1 N–H and O–H groups in total. The standard InChI is InChI=1S/C22H25NO4/c1-14(2)20(21(24)25)23(3)22(26)27-13-19-17-10-6-4-5-9-15(17)16-11-7-8-12-18(16)19/h5-12,14,19-20H,4,13H2,1-3H3,(H,24,25). The molecule has 27 heavy (non-hydrogen) atoms. The number of carboxylic acids is 1. The number of carbonyl (C=O) groups excluding carboxylic acids is 1. The average molecular weight is 367 g/mol. The number of carbonyl (C=O) groups is 2. The molecule has 5 nitrogen and oxygen atoms in total. The van der Waals surface area contributed by atoms with Crippen LogP contribution in [0.3, 0.4) is 0 Å². The quantitative estimate of drug-likeness (QED) is 0.846. The lowest BCUT2D eigenvalue weighted by Gasteiger charge is -2.27. The first kappa shape index (κ1) is 19.0. The molecular weight excluding hydrogens is 342 g/mol. The average Bonchev–Trinajstić information content (AvgIpc) is 2.77. The van der Waals surface area contributed by atoms with Gasteiger partial charge in [0, 0.05) is 13.0 Å². The van der Waals surface area contributed by atoms with E-state index >= 15 is 0 Å². The number of benzene rings is 1. The van der Waals surface area contributed by atoms with Gasteiger partial charge in [0.1, 0.15) is 12.6 Å². The molecule has 0 fully saturated rings. The Morgan fingerprint density at radius 1 is 1.22 bits per heavy atom. The Morgan fingerprint density at radius 2 is 1.93 bits per heavy atom. The Balaban J connectivity index is 1.79. The lowest BCUT2D eigenvalue weighted by Crippen LogP contribution is -2.46. The Labute approximate surface area is 159 Å². The number of likely N-dealkylation sites (N-methyl/N-ethyl adjacent to an activating group) is 1. The predicted octanol–water partition coefficient (Wildman–Crippen LogP) is 4.23. The van der Waals surface area contributed by atoms with Crippen LogP contribution in [0.15, 0.2) is 54.1 Å². The topological polar surface area (TPSA) is 66.8 Å². The van der Waals surface area contributed by atoms with Gasteiger partial charge in [0.2, 0.25) is 0 Å². The number of rotatable bonds is 5. The van der Waals surface area contributed by atoms with Gasteiger partial charge < -0.3 is 9.84 Å². The van der Waals surface area contributed by atoms with Gasteiger partial charge in [-0.2, -0.15) is 0 Å². The summed E-state index contributed by atoms with van der Waals surface area (Å²) in [7, 11) is 1.47. The van der Waals surface area contributed by atoms with E-state index in [2.05, 4.69) is 36.4 Å². The van der Waals surface area contributed by atoms with Gasteiger partial charge in [0.05, 0.1) is 0 Å². The van der Waals surface area contributed by atoms with E-state index in [0.29, 0.717) is 0 Å². The van der Waals surface area contributed by atoms with Crippen LogP contribution in [0, 0.1) is 5.92 Å². The molecule has 0 spiro atoms. The molecule has 1 aromatic carbocycles. The van der Waals surface area contributed by atoms with Crippen LogP contribution in [0.1, 0.15) is 37.3 Å². The third-order valence-corrected chi connectivity index (χ3v) is 5.13. The molecule has 2 aliphatic carbocycles. The fourth-order valence-electron chi connectivity index (χ4n) is 3.86. The monoisotopic (exact) mass is 367 g/mol. The second-order valence-electron chi connectivity index (χ2n) is 7.26. The molecule has 0 saturated carbocycles. The number of hydrogen-bond acceptors (Lipinski definition) is 3. The van der Waals surface area contributed by atoms with Crippen LogP contribution in [0.5, 0.6) is 0 Å². The van der Waals surface area contributed by atoms with Crippen LogP contribution in [0.4, 0.5) is 4.79 Å². The van der Waals surface area contributed by atoms with Gasteiger partial charge in [0.15, 0.2) is 0 Å². The first-order valence-electron chi connectivity index (χ1n) is 9.20. The molecule has 1 aromatic rings. The smallest absolute Gasteiger partial charge is 0.410 e. The number of allylic oxidation sites excluding steroid dienone is 5. The van der Waals surface area contributed by atoms with Crippen molar-refractivity contribution in [1.82, 2.24) is 4.90 Å². The molecule has 0 radical (unpaired) electrons. The van der Waals surface area contributed by atoms with Gasteiger partial charge in [-0.15, -0.1) is 0 Å². The maximum Gasteiger partial charge on any atom is 0.410 e. The number of hydrogen-bond donors (Lipinski definition) is 1. The fraction of sp³-hybridized carbons (Fsp3) is 0.364. The molecule has 0 bridgehead atoms. The van der Waals surface area contributed by atoms with Gasteiger partial charge >= 0.3 is 12.1 Å². The number of fused-ring (bicyclic) bond motifs is 2. The molecule has 142 valence electrons. The summed E-state index contributed by atoms with van der Waals surface area (Å²) in [6, 6.07) is 7.22. The SMILES string of the molecule is CC(C)C(C(=O)O)N(C)C(=O)OCC1C2=C(C=CCC=C2)c2ccccc21. The normalized spacial score (nSPS) is 18.7. The van der Waals surface area contributed by atoms with Crippen molar-refractivity contribution in [3.05, 3.63) is 65.3 Å². The molecule has 0 aromatic heterocycles. The molecule has 0 saturated heterocycles. The van der Waals surface area contributed by atoms with E-state index in [1.54, 1.807) is 13.8 Å². The summed E-state index contributed by atoms with van der Waals surface area (Å²) in [5.74, 6) is -1.29. The number of ether oxygens (including phenoxy) is 1. The van der Waals surface area contributed by atoms with Gasteiger partial charge in [-0.25, -0.2) is 9.59 Å². The van der Waals surface area contributed by atoms with Gasteiger partial charge in [-0.05, 0) is 34.6 Å². The molecule has 1 amide bonds. The van der Waals surface area contributed by atoms with E-state index in [9.17, 15) is 14.7 Å². The predicted molar refractivity (Wildman–Crippen MR) is 104 cm³/mol. The molecular formula is C22H25NO4. The van der Waals surface area contributed by atoms with Crippen LogP contribution in [-0.2, 0) is 9.53 Å². The zero-order valence-electron chi connectivity index (χ0n) is 15.9. The lowest BCUT2D eigenvalue weighted by atomic mass is 9.96. The first-order chi connectivity index (χ1) is 12.9. The van der Waals surface area contributed by atoms with Gasteiger partial charge in [0.25, 0.3) is 0 Å². The van der Waals surface area contributed by atoms with E-state index < -0.39 is 18.1 Å². The summed E-state index contributed by atoms with van der Waals surface area (Å²) < 4.78 is 5.55. The molecule has 3 rings (SSSR count). The van der Waals surface area contributed by atoms with E-state index in [4.69, 9.17) is 4.74 Å². The fourth-order valence-corrected chi connectivity index (χ4v) is 3.86. The van der Waals surface area contributed by atoms with Crippen molar-refractivity contribution in [3.8, 4) is 0 Å². The minimum atomic E-state index is -1.03. The summed E-state index contributed by atoms with van der Waals surface area (Å²) in [6.07, 6.45) is 8.71. The maximum atomic E-state index is 12.5. The summed E-state index contributed by atoms with van der Waals surface area (Å²) in [4.78, 5) is 25.1. The van der Waals surface area contributed by atoms with Crippen LogP contribution >= 0.6 is 0 Å². The zero-order chi connectivity index (χ0) is 19.6. The minimum Gasteiger partial charge on any atom is -0.480 e. The van der Waals surface area contributed by atoms with Crippen molar-refractivity contribution in [2.24, 2.45) is 5.92 Å². The number of aliphatic carboxylic acids is 1. The molecule has 5 heteroatoms. The largest absolute Gasteiger partial charge is 0.480 e. The molecule has 0 heterocycles. The van der Waals surface area contributed by atoms with Crippen LogP contribution in [-0.4, -0.2) is 41.8 Å². The van der Waals surface area contributed by atoms with Crippen molar-refractivity contribution in [2.75, 3.05) is 13.7 Å². The third-order valence-electron chi connectivity index (χ3n) is 5.13. The number of carboxylic acid groups (broad SMARTS) is 1. The Morgan fingerprint density at radius 3 is 2.63 bits per heavy atom. The minimum absolute atomic E-state index is 0.0464. The highest BCUT2D eigenvalue weighted by atomic mass is 16.6. The Kier molecular flexibility index (Phi) is 5.49. The van der Waals surface area contributed by atoms with Crippen LogP contribution in [0.2, 0.25) is 0 Å². The van der Waals surface area contributed by atoms with E-state index in [-0.39, 0.29) is 18.4 Å². The van der Waals surface area contributed by atoms with E-state index in [0.717, 1.165) is 23.1 Å². The third kappa shape index (κ3) is 3.68. The highest BCUT2D eigenvalue weighted by molar-refractivity contribution is 5.87. The second-order valence-corrected chi connectivity index (χ2v) is 7.26. The summed E-state index contributed by atoms with van der Waals surface area (Å²) in [5, 5.41) is 9.38. The molecule has 0 aliphatic heterocycles. The summed E-state index contributed by atoms with van der Waals surface area (Å²) >= 11 is 0. The van der Waals surface area contributed by atoms with Crippen molar-refractivity contribution < 1.29 is 19.4 Å². The van der Waals surface area contributed by atoms with Gasteiger partial charge in [-0.1, -0.05) is 62.4 Å². The van der Waals surface area contributed by atoms with Crippen molar-refractivity contribution in [1.29, 1.82) is 0 Å². The molecule has 2 aliphatic rings. The van der Waals surface area contributed by atoms with Crippen molar-refractivity contribution in [2.45, 2.75) is 32.2 Å². The van der Waals surface area contributed by atoms with Gasteiger partial charge in [-0.3, -0.25) is 4.90 Å². The summed E-state index contributed by atoms with van der Waals surface area (Å²) in [6.45, 7) is 3.73. The van der Waals surface area contributed by atoms with Crippen LogP contribution in [0.25, 0.3) is 5.57 Å².